The topological polar surface area (TPSA) is 80.0 Å². The van der Waals surface area contributed by atoms with Crippen LogP contribution in [0.1, 0.15) is 34.3 Å². The number of furan rings is 1. The first kappa shape index (κ1) is 19.2. The molecule has 1 aromatic carbocycles. The number of benzene rings is 1. The molecule has 0 fully saturated rings. The van der Waals surface area contributed by atoms with E-state index in [0.717, 1.165) is 0 Å². The number of ketones is 1. The highest BCUT2D eigenvalue weighted by Gasteiger charge is 2.44. The van der Waals surface area contributed by atoms with E-state index < -0.39 is 23.5 Å². The lowest BCUT2D eigenvalue weighted by molar-refractivity contribution is -0.129. The summed E-state index contributed by atoms with van der Waals surface area (Å²) in [4.78, 5) is 27.2. The monoisotopic (exact) mass is 389 g/mol. The van der Waals surface area contributed by atoms with E-state index in [9.17, 15) is 14.7 Å². The van der Waals surface area contributed by atoms with Gasteiger partial charge in [-0.05, 0) is 43.2 Å². The fraction of sp³-hybridized carbons (Fsp3) is 0.300. The number of carbonyl (C=O) groups excluding carboxylic acids is 2. The summed E-state index contributed by atoms with van der Waals surface area (Å²) >= 11 is 6.11. The number of rotatable bonds is 7. The zero-order chi connectivity index (χ0) is 19.6. The van der Waals surface area contributed by atoms with Crippen molar-refractivity contribution in [2.75, 3.05) is 20.3 Å². The van der Waals surface area contributed by atoms with Crippen molar-refractivity contribution in [2.24, 2.45) is 0 Å². The van der Waals surface area contributed by atoms with Crippen molar-refractivity contribution in [3.63, 3.8) is 0 Å². The number of aryl methyl sites for hydroxylation is 1. The Morgan fingerprint density at radius 3 is 2.74 bits per heavy atom. The molecular weight excluding hydrogens is 370 g/mol. The van der Waals surface area contributed by atoms with E-state index in [4.69, 9.17) is 20.8 Å². The normalized spacial score (nSPS) is 17.1. The lowest BCUT2D eigenvalue weighted by Gasteiger charge is -2.26. The second-order valence-electron chi connectivity index (χ2n) is 6.30. The van der Waals surface area contributed by atoms with Crippen LogP contribution < -0.4 is 0 Å². The highest BCUT2D eigenvalue weighted by atomic mass is 35.5. The van der Waals surface area contributed by atoms with Gasteiger partial charge >= 0.3 is 0 Å². The predicted octanol–water partition coefficient (Wildman–Crippen LogP) is 3.86. The molecule has 0 aliphatic carbocycles. The summed E-state index contributed by atoms with van der Waals surface area (Å²) in [6.07, 6.45) is 0.563. The van der Waals surface area contributed by atoms with Crippen LogP contribution >= 0.6 is 11.6 Å². The Morgan fingerprint density at radius 2 is 2.11 bits per heavy atom. The Hall–Kier alpha value is -2.57. The van der Waals surface area contributed by atoms with Gasteiger partial charge in [-0.1, -0.05) is 23.7 Å². The third-order valence-corrected chi connectivity index (χ3v) is 4.66. The fourth-order valence-electron chi connectivity index (χ4n) is 3.21. The van der Waals surface area contributed by atoms with Crippen molar-refractivity contribution in [1.82, 2.24) is 4.90 Å². The van der Waals surface area contributed by atoms with E-state index >= 15 is 0 Å². The maximum atomic E-state index is 13.0. The van der Waals surface area contributed by atoms with Crippen LogP contribution in [0.5, 0.6) is 0 Å². The molecule has 2 heterocycles. The number of hydrogen-bond donors (Lipinski definition) is 1. The highest BCUT2D eigenvalue weighted by molar-refractivity contribution is 6.30. The smallest absolute Gasteiger partial charge is 0.290 e. The minimum Gasteiger partial charge on any atom is -0.503 e. The molecule has 0 unspecified atom stereocenters. The largest absolute Gasteiger partial charge is 0.503 e. The minimum absolute atomic E-state index is 0.00552. The van der Waals surface area contributed by atoms with Crippen LogP contribution in [-0.2, 0) is 9.53 Å². The van der Waals surface area contributed by atoms with Gasteiger partial charge in [0.05, 0.1) is 11.6 Å². The average Bonchev–Trinajstić information content (AvgIpc) is 3.18. The number of Topliss-reactive ketones (excluding diaryl/α,β-unsaturated/α-hetero) is 1. The molecule has 0 saturated carbocycles. The molecule has 1 atom stereocenters. The first-order valence-electron chi connectivity index (χ1n) is 8.53. The molecule has 142 valence electrons. The van der Waals surface area contributed by atoms with E-state index in [1.165, 1.54) is 11.0 Å². The van der Waals surface area contributed by atoms with Crippen molar-refractivity contribution >= 4 is 23.3 Å². The van der Waals surface area contributed by atoms with Crippen LogP contribution in [0.25, 0.3) is 0 Å². The second kappa shape index (κ2) is 7.98. The van der Waals surface area contributed by atoms with Crippen molar-refractivity contribution in [3.8, 4) is 0 Å². The molecule has 1 aliphatic heterocycles. The minimum atomic E-state index is -0.744. The fourth-order valence-corrected chi connectivity index (χ4v) is 3.41. The molecule has 7 heteroatoms. The number of carbonyl (C=O) groups is 2. The molecular formula is C20H20ClNO5. The Bertz CT molecular complexity index is 901. The molecule has 6 nitrogen and oxygen atoms in total. The van der Waals surface area contributed by atoms with Crippen LogP contribution in [0.2, 0.25) is 5.02 Å². The van der Waals surface area contributed by atoms with Crippen LogP contribution in [0, 0.1) is 6.92 Å². The summed E-state index contributed by atoms with van der Waals surface area (Å²) in [6, 6.07) is 9.35. The number of amides is 1. The van der Waals surface area contributed by atoms with E-state index in [1.807, 2.05) is 0 Å². The number of methoxy groups -OCH3 is 1. The number of hydrogen-bond acceptors (Lipinski definition) is 5. The van der Waals surface area contributed by atoms with Gasteiger partial charge in [0.1, 0.15) is 5.76 Å². The second-order valence-corrected chi connectivity index (χ2v) is 6.74. The number of aliphatic hydroxyl groups excluding tert-OH is 1. The highest BCUT2D eigenvalue weighted by Crippen LogP contribution is 2.39. The van der Waals surface area contributed by atoms with Crippen molar-refractivity contribution in [1.29, 1.82) is 0 Å². The average molecular weight is 390 g/mol. The molecule has 27 heavy (non-hydrogen) atoms. The summed E-state index contributed by atoms with van der Waals surface area (Å²) in [5.41, 5.74) is 0.637. The number of aliphatic hydroxyl groups is 1. The lowest BCUT2D eigenvalue weighted by Crippen LogP contribution is -2.32. The Labute approximate surface area is 162 Å². The maximum absolute atomic E-state index is 13.0. The van der Waals surface area contributed by atoms with E-state index in [1.54, 1.807) is 44.4 Å². The van der Waals surface area contributed by atoms with Crippen molar-refractivity contribution in [2.45, 2.75) is 19.4 Å². The van der Waals surface area contributed by atoms with Gasteiger partial charge in [0.15, 0.2) is 11.5 Å². The van der Waals surface area contributed by atoms with E-state index in [2.05, 4.69) is 0 Å². The summed E-state index contributed by atoms with van der Waals surface area (Å²) in [6.45, 7) is 2.49. The molecule has 1 amide bonds. The Morgan fingerprint density at radius 1 is 1.33 bits per heavy atom. The molecule has 1 aliphatic rings. The third-order valence-electron chi connectivity index (χ3n) is 4.42. The lowest BCUT2D eigenvalue weighted by atomic mass is 9.95. The predicted molar refractivity (Wildman–Crippen MR) is 99.8 cm³/mol. The number of nitrogens with zero attached hydrogens (tertiary/aromatic N) is 1. The van der Waals surface area contributed by atoms with Crippen LogP contribution in [-0.4, -0.2) is 42.0 Å². The van der Waals surface area contributed by atoms with Gasteiger partial charge in [-0.3, -0.25) is 9.59 Å². The first-order valence-corrected chi connectivity index (χ1v) is 8.91. The van der Waals surface area contributed by atoms with Gasteiger partial charge in [-0.25, -0.2) is 0 Å². The molecule has 0 spiro atoms. The molecule has 1 aromatic heterocycles. The third kappa shape index (κ3) is 3.77. The zero-order valence-electron chi connectivity index (χ0n) is 15.1. The first-order chi connectivity index (χ1) is 12.9. The van der Waals surface area contributed by atoms with Crippen LogP contribution in [0.15, 0.2) is 52.1 Å². The summed E-state index contributed by atoms with van der Waals surface area (Å²) in [5, 5.41) is 11.0. The molecule has 0 radical (unpaired) electrons. The molecule has 0 bridgehead atoms. The van der Waals surface area contributed by atoms with Crippen molar-refractivity contribution in [3.05, 3.63) is 69.8 Å². The molecule has 0 saturated heterocycles. The zero-order valence-corrected chi connectivity index (χ0v) is 15.8. The van der Waals surface area contributed by atoms with Crippen molar-refractivity contribution < 1.29 is 23.8 Å². The standard InChI is InChI=1S/C20H20ClNO5/c1-12-7-8-15(27-12)18(23)16-17(13-5-3-6-14(21)11-13)22(9-4-10-26-2)20(25)19(16)24/h3,5-8,11,17,24H,4,9-10H2,1-2H3/t17-/m0/s1. The maximum Gasteiger partial charge on any atom is 0.290 e. The Kier molecular flexibility index (Phi) is 5.68. The SMILES string of the molecule is COCCCN1C(=O)C(O)=C(C(=O)c2ccc(C)o2)[C@@H]1c1cccc(Cl)c1. The summed E-state index contributed by atoms with van der Waals surface area (Å²) < 4.78 is 10.5. The summed E-state index contributed by atoms with van der Waals surface area (Å²) in [5.74, 6) is -1.03. The molecule has 2 aromatic rings. The van der Waals surface area contributed by atoms with Gasteiger partial charge in [0.2, 0.25) is 5.78 Å². The summed E-state index contributed by atoms with van der Waals surface area (Å²) in [7, 11) is 1.57. The van der Waals surface area contributed by atoms with Gasteiger partial charge < -0.3 is 19.2 Å². The Balaban J connectivity index is 2.04. The van der Waals surface area contributed by atoms with Crippen LogP contribution in [0.3, 0.4) is 0 Å². The number of halogens is 1. The van der Waals surface area contributed by atoms with E-state index in [-0.39, 0.29) is 11.3 Å². The molecule has 1 N–H and O–H groups in total. The van der Waals surface area contributed by atoms with Gasteiger partial charge in [0.25, 0.3) is 5.91 Å². The van der Waals surface area contributed by atoms with Gasteiger partial charge in [-0.15, -0.1) is 0 Å². The molecule has 3 rings (SSSR count). The van der Waals surface area contributed by atoms with Gasteiger partial charge in [0, 0.05) is 25.3 Å². The van der Waals surface area contributed by atoms with Crippen LogP contribution in [0.4, 0.5) is 0 Å². The number of ether oxygens (including phenoxy) is 1. The van der Waals surface area contributed by atoms with Gasteiger partial charge in [-0.2, -0.15) is 0 Å². The quantitative estimate of drug-likeness (QED) is 0.574. The van der Waals surface area contributed by atoms with E-state index in [0.29, 0.717) is 35.9 Å².